The van der Waals surface area contributed by atoms with Gasteiger partial charge in [-0.25, -0.2) is 13.2 Å². The lowest BCUT2D eigenvalue weighted by Crippen LogP contribution is -2.55. The highest BCUT2D eigenvalue weighted by atomic mass is 32.2. The van der Waals surface area contributed by atoms with Crippen LogP contribution in [0.3, 0.4) is 0 Å². The summed E-state index contributed by atoms with van der Waals surface area (Å²) in [7, 11) is -3.99. The van der Waals surface area contributed by atoms with Crippen molar-refractivity contribution in [3.8, 4) is 6.07 Å². The van der Waals surface area contributed by atoms with Gasteiger partial charge in [0.15, 0.2) is 0 Å². The van der Waals surface area contributed by atoms with E-state index >= 15 is 0 Å². The van der Waals surface area contributed by atoms with E-state index in [4.69, 9.17) is 4.74 Å². The maximum atomic E-state index is 12.9. The molecule has 0 bridgehead atoms. The molecule has 2 aromatic carbocycles. The molecule has 3 atom stereocenters. The number of rotatable bonds is 8. The molecule has 2 aliphatic carbocycles. The van der Waals surface area contributed by atoms with Gasteiger partial charge in [-0.2, -0.15) is 18.4 Å². The van der Waals surface area contributed by atoms with E-state index in [1.165, 1.54) is 19.2 Å². The fourth-order valence-corrected chi connectivity index (χ4v) is 9.41. The van der Waals surface area contributed by atoms with Crippen LogP contribution in [-0.4, -0.2) is 70.3 Å². The molecule has 12 heteroatoms. The number of anilines is 1. The zero-order valence-corrected chi connectivity index (χ0v) is 25.5. The molecule has 4 aliphatic rings. The average molecular weight is 631 g/mol. The maximum Gasteiger partial charge on any atom is 0.501 e. The van der Waals surface area contributed by atoms with E-state index in [2.05, 4.69) is 28.4 Å². The highest BCUT2D eigenvalue weighted by molar-refractivity contribution is 7.92. The third-order valence-electron chi connectivity index (χ3n) is 10.8. The second-order valence-corrected chi connectivity index (χ2v) is 14.8. The largest absolute Gasteiger partial charge is 0.501 e. The van der Waals surface area contributed by atoms with Crippen LogP contribution in [0.4, 0.5) is 23.7 Å². The molecule has 44 heavy (non-hydrogen) atoms. The number of hydrogen-bond donors (Lipinski definition) is 1. The van der Waals surface area contributed by atoms with E-state index < -0.39 is 37.3 Å². The Morgan fingerprint density at radius 3 is 2.32 bits per heavy atom. The number of methoxy groups -OCH3 is 1. The van der Waals surface area contributed by atoms with Gasteiger partial charge in [0, 0.05) is 36.7 Å². The zero-order chi connectivity index (χ0) is 31.4. The number of nitrogens with zero attached hydrogens (tertiary/aromatic N) is 3. The molecule has 236 valence electrons. The SMILES string of the molecule is COC(=O)N[C@]12CCC[C@@]1([C@](C#N)(c1ccccc1)C1CCN(CC3CN(c4ccc(S(=O)(=O)C(F)(F)F)cc4)C3)CC1)C2. The zero-order valence-electron chi connectivity index (χ0n) is 24.6. The van der Waals surface area contributed by atoms with Gasteiger partial charge < -0.3 is 19.9 Å². The van der Waals surface area contributed by atoms with Gasteiger partial charge in [0.05, 0.1) is 29.0 Å². The fraction of sp³-hybridized carbons (Fsp3) is 0.562. The van der Waals surface area contributed by atoms with Crippen LogP contribution in [0.15, 0.2) is 59.5 Å². The number of nitrogens with one attached hydrogen (secondary N) is 1. The molecule has 2 saturated carbocycles. The maximum absolute atomic E-state index is 12.9. The molecule has 0 spiro atoms. The van der Waals surface area contributed by atoms with Crippen LogP contribution in [0.2, 0.25) is 0 Å². The van der Waals surface area contributed by atoms with Gasteiger partial charge in [0.1, 0.15) is 0 Å². The molecule has 0 aromatic heterocycles. The highest BCUT2D eigenvalue weighted by Crippen LogP contribution is 2.76. The number of sulfone groups is 1. The average Bonchev–Trinajstić information content (AvgIpc) is 3.48. The highest BCUT2D eigenvalue weighted by Gasteiger charge is 2.80. The van der Waals surface area contributed by atoms with Crippen molar-refractivity contribution in [2.45, 2.75) is 59.9 Å². The van der Waals surface area contributed by atoms with Crippen molar-refractivity contribution in [2.24, 2.45) is 17.3 Å². The van der Waals surface area contributed by atoms with Crippen LogP contribution in [0, 0.1) is 28.6 Å². The molecule has 4 fully saturated rings. The van der Waals surface area contributed by atoms with Crippen molar-refractivity contribution in [1.29, 1.82) is 5.26 Å². The normalized spacial score (nSPS) is 27.5. The lowest BCUT2D eigenvalue weighted by atomic mass is 9.57. The van der Waals surface area contributed by atoms with Crippen LogP contribution in [0.25, 0.3) is 0 Å². The summed E-state index contributed by atoms with van der Waals surface area (Å²) in [5.74, 6) is 0.517. The lowest BCUT2D eigenvalue weighted by molar-refractivity contribution is -0.0436. The third-order valence-corrected chi connectivity index (χ3v) is 12.3. The number of benzene rings is 2. The van der Waals surface area contributed by atoms with E-state index in [0.29, 0.717) is 11.6 Å². The summed E-state index contributed by atoms with van der Waals surface area (Å²) in [6.07, 6.45) is 4.75. The Labute approximate surface area is 256 Å². The molecular formula is C32H37F3N4O4S. The molecule has 0 unspecified atom stereocenters. The van der Waals surface area contributed by atoms with E-state index in [1.807, 2.05) is 23.1 Å². The van der Waals surface area contributed by atoms with Crippen LogP contribution in [0.5, 0.6) is 0 Å². The van der Waals surface area contributed by atoms with Gasteiger partial charge in [-0.1, -0.05) is 36.8 Å². The van der Waals surface area contributed by atoms with Gasteiger partial charge in [-0.3, -0.25) is 0 Å². The molecule has 2 aromatic rings. The number of hydrogen-bond acceptors (Lipinski definition) is 7. The summed E-state index contributed by atoms with van der Waals surface area (Å²) in [5, 5.41) is 14.2. The first-order valence-electron chi connectivity index (χ1n) is 15.1. The minimum absolute atomic E-state index is 0.134. The number of piperidine rings is 1. The van der Waals surface area contributed by atoms with E-state index in [0.717, 1.165) is 88.9 Å². The Hall–Kier alpha value is -3.30. The van der Waals surface area contributed by atoms with Gasteiger partial charge in [0.2, 0.25) is 0 Å². The minimum atomic E-state index is -5.36. The summed E-state index contributed by atoms with van der Waals surface area (Å²) in [4.78, 5) is 16.1. The minimum Gasteiger partial charge on any atom is -0.453 e. The van der Waals surface area contributed by atoms with Crippen molar-refractivity contribution >= 4 is 21.6 Å². The van der Waals surface area contributed by atoms with Gasteiger partial charge in [0.25, 0.3) is 9.84 Å². The number of carbonyl (C=O) groups excluding carboxylic acids is 1. The molecule has 1 N–H and O–H groups in total. The number of halogens is 3. The third kappa shape index (κ3) is 4.74. The second kappa shape index (κ2) is 10.9. The first-order chi connectivity index (χ1) is 20.9. The number of likely N-dealkylation sites (tertiary alicyclic amines) is 1. The molecule has 2 heterocycles. The van der Waals surface area contributed by atoms with Crippen molar-refractivity contribution < 1.29 is 31.1 Å². The number of nitriles is 1. The van der Waals surface area contributed by atoms with Gasteiger partial charge in [-0.05, 0) is 80.9 Å². The predicted octanol–water partition coefficient (Wildman–Crippen LogP) is 5.26. The number of fused-ring (bicyclic) bond motifs is 1. The molecule has 8 nitrogen and oxygen atoms in total. The topological polar surface area (TPSA) is 103 Å². The second-order valence-electron chi connectivity index (χ2n) is 12.9. The molecule has 0 radical (unpaired) electrons. The molecular weight excluding hydrogens is 593 g/mol. The van der Waals surface area contributed by atoms with Crippen LogP contribution in [-0.2, 0) is 20.0 Å². The number of ether oxygens (including phenoxy) is 1. The van der Waals surface area contributed by atoms with E-state index in [1.54, 1.807) is 0 Å². The van der Waals surface area contributed by atoms with E-state index in [9.17, 15) is 31.6 Å². The number of alkyl carbamates (subject to hydrolysis) is 1. The lowest BCUT2D eigenvalue weighted by Gasteiger charge is -2.48. The Bertz CT molecular complexity index is 1530. The Morgan fingerprint density at radius 1 is 1.07 bits per heavy atom. The molecule has 2 aliphatic heterocycles. The first-order valence-corrected chi connectivity index (χ1v) is 16.6. The van der Waals surface area contributed by atoms with Crippen molar-refractivity contribution in [3.63, 3.8) is 0 Å². The van der Waals surface area contributed by atoms with Crippen LogP contribution in [0.1, 0.15) is 44.1 Å². The van der Waals surface area contributed by atoms with E-state index in [-0.39, 0.29) is 11.3 Å². The molecule has 6 rings (SSSR count). The van der Waals surface area contributed by atoms with Crippen LogP contribution < -0.4 is 10.2 Å². The summed E-state index contributed by atoms with van der Waals surface area (Å²) in [5.41, 5.74) is -5.08. The number of alkyl halides is 3. The van der Waals surface area contributed by atoms with Crippen molar-refractivity contribution in [1.82, 2.24) is 10.2 Å². The predicted molar refractivity (Wildman–Crippen MR) is 157 cm³/mol. The standard InChI is InChI=1S/C32H37F3N4O4S/c1-43-28(40)37-30-15-5-14-29(30,21-30)31(22-36,24-6-3-2-4-7-24)25-12-16-38(17-13-25)18-23-19-39(20-23)26-8-10-27(11-9-26)44(41,42)32(33,34)35/h2-4,6-11,23,25H,5,12-21H2,1H3,(H,37,40)/t29-,30+,31-/m1/s1. The fourth-order valence-electron chi connectivity index (χ4n) is 8.65. The number of carbonyl (C=O) groups is 1. The van der Waals surface area contributed by atoms with Crippen LogP contribution >= 0.6 is 0 Å². The summed E-state index contributed by atoms with van der Waals surface area (Å²) in [6, 6.07) is 17.8. The number of amides is 1. The smallest absolute Gasteiger partial charge is 0.453 e. The van der Waals surface area contributed by atoms with Crippen molar-refractivity contribution in [3.05, 3.63) is 60.2 Å². The Kier molecular flexibility index (Phi) is 7.64. The monoisotopic (exact) mass is 630 g/mol. The molecule has 2 saturated heterocycles. The van der Waals surface area contributed by atoms with Gasteiger partial charge >= 0.3 is 11.6 Å². The first kappa shape index (κ1) is 30.7. The summed E-state index contributed by atoms with van der Waals surface area (Å²) < 4.78 is 66.9. The quantitative estimate of drug-likeness (QED) is 0.425. The molecule has 1 amide bonds. The Balaban J connectivity index is 1.10. The summed E-state index contributed by atoms with van der Waals surface area (Å²) in [6.45, 7) is 4.07. The van der Waals surface area contributed by atoms with Gasteiger partial charge in [-0.15, -0.1) is 0 Å². The Morgan fingerprint density at radius 2 is 1.73 bits per heavy atom. The van der Waals surface area contributed by atoms with Crippen molar-refractivity contribution in [2.75, 3.05) is 44.7 Å². The summed E-state index contributed by atoms with van der Waals surface area (Å²) >= 11 is 0.